The van der Waals surface area contributed by atoms with Crippen molar-refractivity contribution in [2.45, 2.75) is 12.5 Å². The van der Waals surface area contributed by atoms with E-state index in [2.05, 4.69) is 0 Å². The third kappa shape index (κ3) is 3.85. The van der Waals surface area contributed by atoms with Crippen LogP contribution in [0.15, 0.2) is 35.7 Å². The van der Waals surface area contributed by atoms with Gasteiger partial charge in [0, 0.05) is 18.0 Å². The highest BCUT2D eigenvalue weighted by Crippen LogP contribution is 2.21. The lowest BCUT2D eigenvalue weighted by molar-refractivity contribution is 0.120. The molecule has 0 radical (unpaired) electrons. The van der Waals surface area contributed by atoms with Gasteiger partial charge in [-0.15, -0.1) is 11.3 Å². The summed E-state index contributed by atoms with van der Waals surface area (Å²) >= 11 is 1.68. The van der Waals surface area contributed by atoms with Crippen LogP contribution in [0, 0.1) is 11.6 Å². The molecule has 0 bridgehead atoms. The molecule has 2 nitrogen and oxygen atoms in total. The van der Waals surface area contributed by atoms with Crippen molar-refractivity contribution in [3.63, 3.8) is 0 Å². The molecule has 5 heteroatoms. The van der Waals surface area contributed by atoms with E-state index >= 15 is 0 Å². The summed E-state index contributed by atoms with van der Waals surface area (Å²) in [6.45, 7) is 0.927. The van der Waals surface area contributed by atoms with Crippen LogP contribution in [0.1, 0.15) is 16.5 Å². The predicted octanol–water partition coefficient (Wildman–Crippen LogP) is 3.23. The van der Waals surface area contributed by atoms with Crippen LogP contribution in [0.5, 0.6) is 0 Å². The largest absolute Gasteiger partial charge is 0.387 e. The summed E-state index contributed by atoms with van der Waals surface area (Å²) in [5.41, 5.74) is -0.254. The molecule has 0 saturated carbocycles. The van der Waals surface area contributed by atoms with E-state index in [4.69, 9.17) is 0 Å². The Labute approximate surface area is 121 Å². The average molecular weight is 297 g/mol. The Morgan fingerprint density at radius 1 is 1.20 bits per heavy atom. The van der Waals surface area contributed by atoms with Crippen molar-refractivity contribution in [3.8, 4) is 0 Å². The summed E-state index contributed by atoms with van der Waals surface area (Å²) in [5, 5.41) is 12.0. The molecule has 2 aromatic rings. The number of aliphatic hydroxyl groups is 1. The smallest absolute Gasteiger partial charge is 0.131 e. The Morgan fingerprint density at radius 3 is 2.50 bits per heavy atom. The van der Waals surface area contributed by atoms with Gasteiger partial charge in [-0.2, -0.15) is 0 Å². The molecule has 1 N–H and O–H groups in total. The summed E-state index contributed by atoms with van der Waals surface area (Å²) in [4.78, 5) is 3.12. The van der Waals surface area contributed by atoms with Gasteiger partial charge in [-0.1, -0.05) is 12.1 Å². The minimum atomic E-state index is -1.16. The lowest BCUT2D eigenvalue weighted by atomic mass is 10.1. The van der Waals surface area contributed by atoms with Crippen LogP contribution in [0.25, 0.3) is 0 Å². The van der Waals surface area contributed by atoms with E-state index in [1.807, 2.05) is 29.5 Å². The predicted molar refractivity (Wildman–Crippen MR) is 76.8 cm³/mol. The van der Waals surface area contributed by atoms with Gasteiger partial charge in [0.2, 0.25) is 0 Å². The Balaban J connectivity index is 1.92. The van der Waals surface area contributed by atoms with E-state index in [-0.39, 0.29) is 12.1 Å². The molecule has 0 aliphatic carbocycles. The molecule has 20 heavy (non-hydrogen) atoms. The number of likely N-dealkylation sites (N-methyl/N-ethyl adjacent to an activating group) is 1. The van der Waals surface area contributed by atoms with Crippen molar-refractivity contribution in [3.05, 3.63) is 57.8 Å². The highest BCUT2D eigenvalue weighted by atomic mass is 32.1. The fourth-order valence-electron chi connectivity index (χ4n) is 2.06. The summed E-state index contributed by atoms with van der Waals surface area (Å²) in [7, 11) is 1.83. The van der Waals surface area contributed by atoms with E-state index < -0.39 is 17.7 Å². The van der Waals surface area contributed by atoms with E-state index in [1.165, 1.54) is 10.9 Å². The van der Waals surface area contributed by atoms with E-state index in [0.717, 1.165) is 25.1 Å². The van der Waals surface area contributed by atoms with Crippen molar-refractivity contribution in [1.82, 2.24) is 4.90 Å². The molecule has 1 unspecified atom stereocenters. The van der Waals surface area contributed by atoms with Gasteiger partial charge in [-0.05, 0) is 37.0 Å². The van der Waals surface area contributed by atoms with Crippen molar-refractivity contribution in [2.75, 3.05) is 20.1 Å². The average Bonchev–Trinajstić information content (AvgIpc) is 2.89. The molecular weight excluding hydrogens is 280 g/mol. The van der Waals surface area contributed by atoms with Crippen LogP contribution in [0.4, 0.5) is 8.78 Å². The maximum Gasteiger partial charge on any atom is 0.131 e. The zero-order valence-corrected chi connectivity index (χ0v) is 12.0. The number of aliphatic hydroxyl groups excluding tert-OH is 1. The molecule has 0 amide bonds. The first-order chi connectivity index (χ1) is 9.58. The van der Waals surface area contributed by atoms with Gasteiger partial charge in [-0.3, -0.25) is 0 Å². The summed E-state index contributed by atoms with van der Waals surface area (Å²) in [6, 6.07) is 7.65. The van der Waals surface area contributed by atoms with Gasteiger partial charge in [0.25, 0.3) is 0 Å². The molecule has 0 fully saturated rings. The lowest BCUT2D eigenvalue weighted by Crippen LogP contribution is -2.27. The number of hydrogen-bond acceptors (Lipinski definition) is 3. The van der Waals surface area contributed by atoms with Crippen LogP contribution < -0.4 is 0 Å². The number of halogens is 2. The Kier molecular flexibility index (Phi) is 5.23. The Morgan fingerprint density at radius 2 is 1.90 bits per heavy atom. The third-order valence-corrected chi connectivity index (χ3v) is 4.07. The van der Waals surface area contributed by atoms with E-state index in [9.17, 15) is 13.9 Å². The second-order valence-electron chi connectivity index (χ2n) is 4.74. The quantitative estimate of drug-likeness (QED) is 0.885. The molecule has 0 spiro atoms. The third-order valence-electron chi connectivity index (χ3n) is 3.14. The number of benzene rings is 1. The molecular formula is C15H17F2NOS. The van der Waals surface area contributed by atoms with Gasteiger partial charge in [0.1, 0.15) is 11.6 Å². The fraction of sp³-hybridized carbons (Fsp3) is 0.333. The number of nitrogens with zero attached hydrogens (tertiary/aromatic N) is 1. The molecule has 1 heterocycles. The van der Waals surface area contributed by atoms with Crippen LogP contribution in [0.2, 0.25) is 0 Å². The topological polar surface area (TPSA) is 23.5 Å². The fourth-order valence-corrected chi connectivity index (χ4v) is 2.76. The van der Waals surface area contributed by atoms with Gasteiger partial charge >= 0.3 is 0 Å². The van der Waals surface area contributed by atoms with Gasteiger partial charge in [-0.25, -0.2) is 8.78 Å². The molecule has 0 saturated heterocycles. The van der Waals surface area contributed by atoms with Gasteiger partial charge in [0.05, 0.1) is 11.7 Å². The molecule has 1 atom stereocenters. The van der Waals surface area contributed by atoms with Crippen LogP contribution in [0.3, 0.4) is 0 Å². The van der Waals surface area contributed by atoms with Crippen molar-refractivity contribution >= 4 is 11.3 Å². The Bertz CT molecular complexity index is 525. The number of thiophene rings is 1. The second-order valence-corrected chi connectivity index (χ2v) is 5.77. The van der Waals surface area contributed by atoms with Crippen molar-refractivity contribution < 1.29 is 13.9 Å². The van der Waals surface area contributed by atoms with Crippen LogP contribution >= 0.6 is 11.3 Å². The zero-order valence-electron chi connectivity index (χ0n) is 11.2. The second kappa shape index (κ2) is 6.92. The first-order valence-electron chi connectivity index (χ1n) is 6.41. The first kappa shape index (κ1) is 15.1. The first-order valence-corrected chi connectivity index (χ1v) is 7.29. The van der Waals surface area contributed by atoms with E-state index in [1.54, 1.807) is 11.3 Å². The van der Waals surface area contributed by atoms with E-state index in [0.29, 0.717) is 0 Å². The monoisotopic (exact) mass is 297 g/mol. The highest BCUT2D eigenvalue weighted by molar-refractivity contribution is 7.09. The van der Waals surface area contributed by atoms with Crippen LogP contribution in [-0.4, -0.2) is 30.1 Å². The SMILES string of the molecule is CN(CCc1cccs1)CC(O)c1c(F)cccc1F. The zero-order chi connectivity index (χ0) is 14.5. The minimum Gasteiger partial charge on any atom is -0.387 e. The lowest BCUT2D eigenvalue weighted by Gasteiger charge is -2.21. The highest BCUT2D eigenvalue weighted by Gasteiger charge is 2.19. The standard InChI is InChI=1S/C15H17F2NOS/c1-18(8-7-11-4-3-9-20-11)10-14(19)15-12(16)5-2-6-13(15)17/h2-6,9,14,19H,7-8,10H2,1H3. The number of rotatable bonds is 6. The summed E-state index contributed by atoms with van der Waals surface area (Å²) in [5.74, 6) is -1.41. The molecule has 1 aromatic carbocycles. The van der Waals surface area contributed by atoms with Crippen molar-refractivity contribution in [1.29, 1.82) is 0 Å². The maximum atomic E-state index is 13.5. The molecule has 2 rings (SSSR count). The van der Waals surface area contributed by atoms with Crippen molar-refractivity contribution in [2.24, 2.45) is 0 Å². The minimum absolute atomic E-state index is 0.198. The van der Waals surface area contributed by atoms with Gasteiger partial charge in [0.15, 0.2) is 0 Å². The van der Waals surface area contributed by atoms with Gasteiger partial charge < -0.3 is 10.0 Å². The normalized spacial score (nSPS) is 12.8. The summed E-state index contributed by atoms with van der Waals surface area (Å²) in [6.07, 6.45) is -0.301. The molecule has 0 aliphatic heterocycles. The molecule has 0 aliphatic rings. The summed E-state index contributed by atoms with van der Waals surface area (Å²) < 4.78 is 27.1. The Hall–Kier alpha value is -1.30. The molecule has 108 valence electrons. The molecule has 1 aromatic heterocycles. The van der Waals surface area contributed by atoms with Crippen LogP contribution in [-0.2, 0) is 6.42 Å². The number of hydrogen-bond donors (Lipinski definition) is 1. The maximum absolute atomic E-state index is 13.5.